The highest BCUT2D eigenvalue weighted by Crippen LogP contribution is 2.44. The molecule has 1 aromatic carbocycles. The maximum absolute atomic E-state index is 12.9. The Morgan fingerprint density at radius 1 is 1.26 bits per heavy atom. The van der Waals surface area contributed by atoms with Gasteiger partial charge in [-0.1, -0.05) is 29.8 Å². The van der Waals surface area contributed by atoms with Gasteiger partial charge < -0.3 is 14.8 Å². The second kappa shape index (κ2) is 11.3. The smallest absolute Gasteiger partial charge is 0.304 e. The number of carbonyl (C=O) groups is 2. The van der Waals surface area contributed by atoms with Crippen LogP contribution in [0.2, 0.25) is 0 Å². The largest absolute Gasteiger partial charge is 0.481 e. The van der Waals surface area contributed by atoms with E-state index in [0.29, 0.717) is 28.8 Å². The fourth-order valence-corrected chi connectivity index (χ4v) is 5.58. The summed E-state index contributed by atoms with van der Waals surface area (Å²) < 4.78 is 34.4. The van der Waals surface area contributed by atoms with Crippen LogP contribution in [0.4, 0.5) is 0 Å². The van der Waals surface area contributed by atoms with Crippen molar-refractivity contribution < 1.29 is 27.5 Å². The van der Waals surface area contributed by atoms with Crippen LogP contribution in [0.5, 0.6) is 0 Å². The SMILES string of the molecule is CNC(=O)c1c(-c2ccc(C)cc2)oc2nc(CS(=O)(=O)NCCCC(C#N)CC(=O)O)c(C3CC3)cc12. The zero-order valence-corrected chi connectivity index (χ0v) is 22.1. The highest BCUT2D eigenvalue weighted by molar-refractivity contribution is 7.88. The molecule has 0 aliphatic heterocycles. The van der Waals surface area contributed by atoms with Crippen molar-refractivity contribution in [2.45, 2.75) is 50.7 Å². The van der Waals surface area contributed by atoms with Crippen LogP contribution in [-0.2, 0) is 20.6 Å². The molecule has 0 bridgehead atoms. The number of carboxylic acids is 1. The number of furan rings is 1. The lowest BCUT2D eigenvalue weighted by atomic mass is 10.0. The van der Waals surface area contributed by atoms with Crippen molar-refractivity contribution >= 4 is 33.0 Å². The number of benzene rings is 1. The summed E-state index contributed by atoms with van der Waals surface area (Å²) in [6.45, 7) is 2.05. The molecular weight excluding hydrogens is 508 g/mol. The molecule has 4 rings (SSSR count). The van der Waals surface area contributed by atoms with E-state index >= 15 is 0 Å². The van der Waals surface area contributed by atoms with Crippen LogP contribution in [0.1, 0.15) is 65.2 Å². The van der Waals surface area contributed by atoms with Gasteiger partial charge in [-0.3, -0.25) is 9.59 Å². The average Bonchev–Trinajstić information content (AvgIpc) is 3.65. The van der Waals surface area contributed by atoms with Gasteiger partial charge in [-0.05, 0) is 50.2 Å². The molecule has 1 atom stereocenters. The van der Waals surface area contributed by atoms with E-state index in [9.17, 15) is 18.0 Å². The van der Waals surface area contributed by atoms with E-state index in [-0.39, 0.29) is 42.7 Å². The summed E-state index contributed by atoms with van der Waals surface area (Å²) in [5.41, 5.74) is 3.50. The fourth-order valence-electron chi connectivity index (χ4n) is 4.43. The van der Waals surface area contributed by atoms with Crippen LogP contribution in [-0.4, -0.2) is 44.0 Å². The van der Waals surface area contributed by atoms with Gasteiger partial charge in [-0.25, -0.2) is 18.1 Å². The number of pyridine rings is 1. The monoisotopic (exact) mass is 538 g/mol. The van der Waals surface area contributed by atoms with Gasteiger partial charge in [0.05, 0.1) is 35.1 Å². The van der Waals surface area contributed by atoms with E-state index in [2.05, 4.69) is 15.0 Å². The molecule has 1 unspecified atom stereocenters. The lowest BCUT2D eigenvalue weighted by Gasteiger charge is -2.11. The van der Waals surface area contributed by atoms with Gasteiger partial charge in [0.15, 0.2) is 0 Å². The molecule has 10 nitrogen and oxygen atoms in total. The minimum Gasteiger partial charge on any atom is -0.481 e. The molecule has 200 valence electrons. The summed E-state index contributed by atoms with van der Waals surface area (Å²) >= 11 is 0. The first-order chi connectivity index (χ1) is 18.1. The Kier molecular flexibility index (Phi) is 8.14. The molecule has 2 aromatic heterocycles. The molecule has 1 aliphatic carbocycles. The van der Waals surface area contributed by atoms with Gasteiger partial charge in [-0.2, -0.15) is 5.26 Å². The number of nitriles is 1. The van der Waals surface area contributed by atoms with Crippen molar-refractivity contribution in [1.29, 1.82) is 5.26 Å². The minimum atomic E-state index is -3.77. The first kappa shape index (κ1) is 27.3. The van der Waals surface area contributed by atoms with Crippen LogP contribution in [0.15, 0.2) is 34.7 Å². The summed E-state index contributed by atoms with van der Waals surface area (Å²) in [5, 5.41) is 21.1. The summed E-state index contributed by atoms with van der Waals surface area (Å²) in [5.74, 6) is -1.86. The number of aryl methyl sites for hydroxylation is 1. The van der Waals surface area contributed by atoms with Crippen molar-refractivity contribution in [3.8, 4) is 17.4 Å². The molecule has 1 fully saturated rings. The third kappa shape index (κ3) is 6.38. The summed E-state index contributed by atoms with van der Waals surface area (Å²) in [6.07, 6.45) is 2.15. The Morgan fingerprint density at radius 2 is 1.97 bits per heavy atom. The number of aliphatic carboxylic acids is 1. The molecule has 1 amide bonds. The zero-order chi connectivity index (χ0) is 27.4. The second-order valence-corrected chi connectivity index (χ2v) is 11.4. The standard InChI is InChI=1S/C27H30N4O6S/c1-16-5-7-19(8-6-16)25-24(26(34)29-2)21-13-20(18-9-10-18)22(31-27(21)37-25)15-38(35,36)30-11-3-4-17(14-28)12-23(32)33/h5-8,13,17-18,30H,3-4,9-12,15H2,1-2H3,(H,29,34)(H,32,33). The molecule has 2 heterocycles. The van der Waals surface area contributed by atoms with Crippen LogP contribution >= 0.6 is 0 Å². The van der Waals surface area contributed by atoms with Crippen LogP contribution in [0.25, 0.3) is 22.4 Å². The fraction of sp³-hybridized carbons (Fsp3) is 0.407. The Morgan fingerprint density at radius 3 is 2.58 bits per heavy atom. The van der Waals surface area contributed by atoms with Gasteiger partial charge in [-0.15, -0.1) is 0 Å². The van der Waals surface area contributed by atoms with E-state index in [1.807, 2.05) is 43.3 Å². The summed E-state index contributed by atoms with van der Waals surface area (Å²) in [6, 6.07) is 11.3. The molecule has 3 aromatic rings. The van der Waals surface area contributed by atoms with Gasteiger partial charge in [0.2, 0.25) is 15.7 Å². The predicted molar refractivity (Wildman–Crippen MR) is 141 cm³/mol. The van der Waals surface area contributed by atoms with Crippen LogP contribution < -0.4 is 10.0 Å². The number of rotatable bonds is 12. The second-order valence-electron chi connectivity index (χ2n) is 9.62. The van der Waals surface area contributed by atoms with Gasteiger partial charge in [0.25, 0.3) is 5.91 Å². The third-order valence-corrected chi connectivity index (χ3v) is 7.86. The maximum atomic E-state index is 12.9. The van der Waals surface area contributed by atoms with E-state index in [4.69, 9.17) is 14.8 Å². The van der Waals surface area contributed by atoms with Crippen molar-refractivity contribution in [3.63, 3.8) is 0 Å². The zero-order valence-electron chi connectivity index (χ0n) is 21.3. The first-order valence-electron chi connectivity index (χ1n) is 12.5. The number of aromatic nitrogens is 1. The minimum absolute atomic E-state index is 0.0836. The topological polar surface area (TPSA) is 162 Å². The van der Waals surface area contributed by atoms with Crippen molar-refractivity contribution in [2.75, 3.05) is 13.6 Å². The van der Waals surface area contributed by atoms with Crippen molar-refractivity contribution in [3.05, 3.63) is 52.7 Å². The molecule has 0 saturated heterocycles. The average molecular weight is 539 g/mol. The lowest BCUT2D eigenvalue weighted by Crippen LogP contribution is -2.27. The van der Waals surface area contributed by atoms with Gasteiger partial charge >= 0.3 is 5.97 Å². The van der Waals surface area contributed by atoms with Crippen molar-refractivity contribution in [1.82, 2.24) is 15.0 Å². The molecule has 1 saturated carbocycles. The highest BCUT2D eigenvalue weighted by atomic mass is 32.2. The van der Waals surface area contributed by atoms with E-state index in [1.54, 1.807) is 7.05 Å². The number of hydrogen-bond acceptors (Lipinski definition) is 7. The Balaban J connectivity index is 1.61. The number of hydrogen-bond donors (Lipinski definition) is 3. The number of carbonyl (C=O) groups excluding carboxylic acids is 1. The molecular formula is C27H30N4O6S. The number of carboxylic acid groups (broad SMARTS) is 1. The number of sulfonamides is 1. The third-order valence-electron chi connectivity index (χ3n) is 6.56. The summed E-state index contributed by atoms with van der Waals surface area (Å²) in [7, 11) is -2.23. The highest BCUT2D eigenvalue weighted by Gasteiger charge is 2.32. The van der Waals surface area contributed by atoms with Crippen molar-refractivity contribution in [2.24, 2.45) is 5.92 Å². The number of fused-ring (bicyclic) bond motifs is 1. The lowest BCUT2D eigenvalue weighted by molar-refractivity contribution is -0.137. The van der Waals surface area contributed by atoms with Crippen LogP contribution in [0.3, 0.4) is 0 Å². The maximum Gasteiger partial charge on any atom is 0.304 e. The Hall–Kier alpha value is -3.75. The van der Waals surface area contributed by atoms with Gasteiger partial charge in [0.1, 0.15) is 11.5 Å². The number of nitrogens with zero attached hydrogens (tertiary/aromatic N) is 2. The molecule has 1 aliphatic rings. The number of amides is 1. The Bertz CT molecular complexity index is 1500. The normalized spacial score (nSPS) is 14.2. The first-order valence-corrected chi connectivity index (χ1v) is 14.1. The number of nitrogens with one attached hydrogen (secondary N) is 2. The molecule has 11 heteroatoms. The summed E-state index contributed by atoms with van der Waals surface area (Å²) in [4.78, 5) is 28.3. The van der Waals surface area contributed by atoms with E-state index < -0.39 is 21.9 Å². The van der Waals surface area contributed by atoms with Gasteiger partial charge in [0, 0.05) is 19.2 Å². The Labute approximate surface area is 221 Å². The molecule has 3 N–H and O–H groups in total. The molecule has 38 heavy (non-hydrogen) atoms. The van der Waals surface area contributed by atoms with E-state index in [1.165, 1.54) is 0 Å². The quantitative estimate of drug-likeness (QED) is 0.293. The predicted octanol–water partition coefficient (Wildman–Crippen LogP) is 3.85. The van der Waals surface area contributed by atoms with Crippen LogP contribution in [0, 0.1) is 24.2 Å². The molecule has 0 spiro atoms. The van der Waals surface area contributed by atoms with E-state index in [0.717, 1.165) is 29.5 Å². The molecule has 0 radical (unpaired) electrons.